The van der Waals surface area contributed by atoms with Gasteiger partial charge in [-0.3, -0.25) is 0 Å². The van der Waals surface area contributed by atoms with E-state index in [-0.39, 0.29) is 5.28 Å². The van der Waals surface area contributed by atoms with Crippen LogP contribution in [-0.2, 0) is 0 Å². The minimum atomic E-state index is 0.169. The molecule has 0 amide bonds. The number of nitrogen functional groups attached to an aromatic ring is 1. The van der Waals surface area contributed by atoms with E-state index in [1.54, 1.807) is 0 Å². The third-order valence-corrected chi connectivity index (χ3v) is 2.73. The molecule has 0 aliphatic rings. The summed E-state index contributed by atoms with van der Waals surface area (Å²) in [4.78, 5) is 7.80. The molecule has 0 aliphatic carbocycles. The van der Waals surface area contributed by atoms with Crippen LogP contribution in [0.4, 0.5) is 17.2 Å². The van der Waals surface area contributed by atoms with Crippen LogP contribution in [0, 0.1) is 3.57 Å². The lowest BCUT2D eigenvalue weighted by Gasteiger charge is -2.08. The van der Waals surface area contributed by atoms with Crippen LogP contribution < -0.4 is 11.1 Å². The topological polar surface area (TPSA) is 63.8 Å². The number of aromatic nitrogens is 2. The van der Waals surface area contributed by atoms with E-state index in [2.05, 4.69) is 37.9 Å². The summed E-state index contributed by atoms with van der Waals surface area (Å²) in [6, 6.07) is 7.86. The lowest BCUT2D eigenvalue weighted by molar-refractivity contribution is 1.17. The molecule has 0 saturated heterocycles. The van der Waals surface area contributed by atoms with Crippen molar-refractivity contribution in [3.05, 3.63) is 39.3 Å². The molecule has 82 valence electrons. The standard InChI is InChI=1S/C10H8ClIN4/c11-10-14-5-8(13)9(16-10)15-7-3-1-2-6(12)4-7/h1-5H,13H2,(H,14,15,16). The van der Waals surface area contributed by atoms with Crippen LogP contribution in [0.2, 0.25) is 5.28 Å². The Kier molecular flexibility index (Phi) is 3.45. The van der Waals surface area contributed by atoms with E-state index in [1.165, 1.54) is 6.20 Å². The Balaban J connectivity index is 2.30. The van der Waals surface area contributed by atoms with Crippen molar-refractivity contribution in [1.82, 2.24) is 9.97 Å². The normalized spacial score (nSPS) is 10.1. The SMILES string of the molecule is Nc1cnc(Cl)nc1Nc1cccc(I)c1. The van der Waals surface area contributed by atoms with Gasteiger partial charge in [0.1, 0.15) is 0 Å². The highest BCUT2D eigenvalue weighted by molar-refractivity contribution is 14.1. The molecule has 1 aromatic carbocycles. The number of benzene rings is 1. The van der Waals surface area contributed by atoms with Crippen molar-refractivity contribution in [3.8, 4) is 0 Å². The number of hydrogen-bond acceptors (Lipinski definition) is 4. The largest absolute Gasteiger partial charge is 0.394 e. The van der Waals surface area contributed by atoms with Crippen molar-refractivity contribution in [3.63, 3.8) is 0 Å². The molecule has 0 atom stereocenters. The van der Waals surface area contributed by atoms with Gasteiger partial charge in [-0.15, -0.1) is 0 Å². The number of halogens is 2. The number of nitrogens with zero attached hydrogens (tertiary/aromatic N) is 2. The average molecular weight is 347 g/mol. The third kappa shape index (κ3) is 2.73. The van der Waals surface area contributed by atoms with Crippen LogP contribution in [-0.4, -0.2) is 9.97 Å². The summed E-state index contributed by atoms with van der Waals surface area (Å²) in [7, 11) is 0. The Morgan fingerprint density at radius 1 is 1.38 bits per heavy atom. The molecule has 4 nitrogen and oxygen atoms in total. The summed E-state index contributed by atoms with van der Waals surface area (Å²) in [6.45, 7) is 0. The molecule has 2 rings (SSSR count). The molecule has 0 bridgehead atoms. The van der Waals surface area contributed by atoms with Crippen molar-refractivity contribution in [1.29, 1.82) is 0 Å². The van der Waals surface area contributed by atoms with E-state index in [0.717, 1.165) is 9.26 Å². The first-order valence-electron chi connectivity index (χ1n) is 4.46. The number of rotatable bonds is 2. The number of hydrogen-bond donors (Lipinski definition) is 2. The Hall–Kier alpha value is -1.08. The van der Waals surface area contributed by atoms with Crippen LogP contribution in [0.15, 0.2) is 30.5 Å². The van der Waals surface area contributed by atoms with Gasteiger partial charge in [0.05, 0.1) is 11.9 Å². The second-order valence-electron chi connectivity index (χ2n) is 3.08. The zero-order chi connectivity index (χ0) is 11.5. The van der Waals surface area contributed by atoms with Gasteiger partial charge < -0.3 is 11.1 Å². The van der Waals surface area contributed by atoms with Crippen molar-refractivity contribution < 1.29 is 0 Å². The second kappa shape index (κ2) is 4.84. The lowest BCUT2D eigenvalue weighted by atomic mass is 10.3. The maximum absolute atomic E-state index is 5.73. The average Bonchev–Trinajstić information content (AvgIpc) is 2.24. The molecule has 0 aliphatic heterocycles. The van der Waals surface area contributed by atoms with Crippen molar-refractivity contribution in [2.75, 3.05) is 11.1 Å². The molecule has 0 fully saturated rings. The van der Waals surface area contributed by atoms with Gasteiger partial charge in [-0.05, 0) is 52.4 Å². The predicted molar refractivity (Wildman–Crippen MR) is 73.9 cm³/mol. The molecule has 0 saturated carbocycles. The van der Waals surface area contributed by atoms with Gasteiger partial charge in [0.25, 0.3) is 0 Å². The Morgan fingerprint density at radius 3 is 2.94 bits per heavy atom. The summed E-state index contributed by atoms with van der Waals surface area (Å²) in [5, 5.41) is 3.26. The first-order valence-corrected chi connectivity index (χ1v) is 5.91. The van der Waals surface area contributed by atoms with Gasteiger partial charge in [0.2, 0.25) is 5.28 Å². The van der Waals surface area contributed by atoms with Gasteiger partial charge in [0.15, 0.2) is 5.82 Å². The summed E-state index contributed by atoms with van der Waals surface area (Å²) in [6.07, 6.45) is 1.48. The molecule has 0 unspecified atom stereocenters. The maximum Gasteiger partial charge on any atom is 0.224 e. The maximum atomic E-state index is 5.73. The van der Waals surface area contributed by atoms with E-state index in [4.69, 9.17) is 17.3 Å². The van der Waals surface area contributed by atoms with Gasteiger partial charge in [0, 0.05) is 9.26 Å². The fraction of sp³-hybridized carbons (Fsp3) is 0. The Bertz CT molecular complexity index is 518. The molecular formula is C10H8ClIN4. The van der Waals surface area contributed by atoms with Crippen molar-refractivity contribution in [2.45, 2.75) is 0 Å². The van der Waals surface area contributed by atoms with Gasteiger partial charge in [-0.2, -0.15) is 4.98 Å². The zero-order valence-electron chi connectivity index (χ0n) is 8.11. The van der Waals surface area contributed by atoms with Crippen molar-refractivity contribution >= 4 is 51.4 Å². The van der Waals surface area contributed by atoms with Gasteiger partial charge in [-0.25, -0.2) is 4.98 Å². The zero-order valence-corrected chi connectivity index (χ0v) is 11.0. The number of anilines is 3. The summed E-state index contributed by atoms with van der Waals surface area (Å²) < 4.78 is 1.13. The second-order valence-corrected chi connectivity index (χ2v) is 4.66. The van der Waals surface area contributed by atoms with Crippen LogP contribution >= 0.6 is 34.2 Å². The molecule has 6 heteroatoms. The monoisotopic (exact) mass is 346 g/mol. The van der Waals surface area contributed by atoms with Gasteiger partial charge in [-0.1, -0.05) is 6.07 Å². The highest BCUT2D eigenvalue weighted by Crippen LogP contribution is 2.22. The predicted octanol–water partition coefficient (Wildman–Crippen LogP) is 3.06. The van der Waals surface area contributed by atoms with Crippen LogP contribution in [0.3, 0.4) is 0 Å². The molecule has 1 heterocycles. The fourth-order valence-corrected chi connectivity index (χ4v) is 1.85. The van der Waals surface area contributed by atoms with E-state index in [0.29, 0.717) is 11.5 Å². The molecule has 0 radical (unpaired) electrons. The smallest absolute Gasteiger partial charge is 0.224 e. The molecule has 3 N–H and O–H groups in total. The number of nitrogens with two attached hydrogens (primary N) is 1. The minimum absolute atomic E-state index is 0.169. The highest BCUT2D eigenvalue weighted by atomic mass is 127. The fourth-order valence-electron chi connectivity index (χ4n) is 1.17. The summed E-state index contributed by atoms with van der Waals surface area (Å²) in [5.74, 6) is 0.516. The first-order chi connectivity index (χ1) is 7.65. The Morgan fingerprint density at radius 2 is 2.19 bits per heavy atom. The minimum Gasteiger partial charge on any atom is -0.394 e. The lowest BCUT2D eigenvalue weighted by Crippen LogP contribution is -2.00. The van der Waals surface area contributed by atoms with E-state index in [9.17, 15) is 0 Å². The van der Waals surface area contributed by atoms with Crippen LogP contribution in [0.5, 0.6) is 0 Å². The summed E-state index contributed by atoms with van der Waals surface area (Å²) in [5.41, 5.74) is 7.10. The quantitative estimate of drug-likeness (QED) is 0.648. The van der Waals surface area contributed by atoms with Crippen LogP contribution in [0.1, 0.15) is 0 Å². The van der Waals surface area contributed by atoms with E-state index < -0.39 is 0 Å². The first kappa shape index (κ1) is 11.4. The third-order valence-electron chi connectivity index (χ3n) is 1.88. The van der Waals surface area contributed by atoms with E-state index in [1.807, 2.05) is 24.3 Å². The number of nitrogens with one attached hydrogen (secondary N) is 1. The summed E-state index contributed by atoms with van der Waals surface area (Å²) >= 11 is 7.93. The van der Waals surface area contributed by atoms with Crippen molar-refractivity contribution in [2.24, 2.45) is 0 Å². The molecular weight excluding hydrogens is 338 g/mol. The molecule has 2 aromatic rings. The van der Waals surface area contributed by atoms with Gasteiger partial charge >= 0.3 is 0 Å². The van der Waals surface area contributed by atoms with Crippen LogP contribution in [0.25, 0.3) is 0 Å². The molecule has 1 aromatic heterocycles. The highest BCUT2D eigenvalue weighted by Gasteiger charge is 2.03. The molecule has 16 heavy (non-hydrogen) atoms. The van der Waals surface area contributed by atoms with E-state index >= 15 is 0 Å². The Labute approximate surface area is 111 Å². The molecule has 0 spiro atoms.